The van der Waals surface area contributed by atoms with Crippen molar-refractivity contribution in [2.24, 2.45) is 5.92 Å². The molecule has 0 radical (unpaired) electrons. The van der Waals surface area contributed by atoms with E-state index in [0.29, 0.717) is 42.4 Å². The number of alkyl halides is 3. The van der Waals surface area contributed by atoms with Crippen molar-refractivity contribution in [2.75, 3.05) is 19.7 Å². The minimum atomic E-state index is -4.39. The summed E-state index contributed by atoms with van der Waals surface area (Å²) in [6, 6.07) is 9.34. The molecule has 2 aromatic rings. The average molecular weight is 463 g/mol. The molecule has 2 aromatic carbocycles. The lowest BCUT2D eigenvalue weighted by molar-refractivity contribution is -0.139. The minimum absolute atomic E-state index is 0.313. The predicted molar refractivity (Wildman–Crippen MR) is 116 cm³/mol. The first kappa shape index (κ1) is 23.4. The summed E-state index contributed by atoms with van der Waals surface area (Å²) in [6.07, 6.45) is -1.55. The first-order valence-corrected chi connectivity index (χ1v) is 11.3. The molecule has 4 rings (SSSR count). The Bertz CT molecular complexity index is 982. The summed E-state index contributed by atoms with van der Waals surface area (Å²) < 4.78 is 52.7. The Morgan fingerprint density at radius 2 is 1.73 bits per heavy atom. The monoisotopic (exact) mass is 463 g/mol. The summed E-state index contributed by atoms with van der Waals surface area (Å²) in [5.41, 5.74) is 1.42. The molecule has 1 fully saturated rings. The van der Waals surface area contributed by atoms with Gasteiger partial charge in [0.25, 0.3) is 0 Å². The number of carbonyl (C=O) groups is 1. The second-order valence-corrected chi connectivity index (χ2v) is 8.91. The van der Waals surface area contributed by atoms with Gasteiger partial charge in [0, 0.05) is 6.54 Å². The zero-order valence-corrected chi connectivity index (χ0v) is 18.5. The van der Waals surface area contributed by atoms with E-state index in [-0.39, 0.29) is 6.10 Å². The van der Waals surface area contributed by atoms with Gasteiger partial charge in [-0.15, -0.1) is 0 Å². The lowest BCUT2D eigenvalue weighted by Crippen LogP contribution is -2.33. The first-order valence-electron chi connectivity index (χ1n) is 11.3. The topological polar surface area (TPSA) is 59.0 Å². The molecule has 0 aromatic heterocycles. The van der Waals surface area contributed by atoms with Crippen LogP contribution in [-0.4, -0.2) is 35.7 Å². The van der Waals surface area contributed by atoms with E-state index in [1.807, 2.05) is 0 Å². The molecule has 1 heterocycles. The minimum Gasteiger partial charge on any atom is -0.486 e. The van der Waals surface area contributed by atoms with Crippen molar-refractivity contribution in [3.63, 3.8) is 0 Å². The summed E-state index contributed by atoms with van der Waals surface area (Å²) in [7, 11) is 0. The first-order chi connectivity index (χ1) is 15.7. The third-order valence-corrected chi connectivity index (χ3v) is 6.50. The molecule has 1 saturated heterocycles. The van der Waals surface area contributed by atoms with E-state index in [0.717, 1.165) is 37.1 Å². The average Bonchev–Trinajstić information content (AvgIpc) is 3.17. The maximum Gasteiger partial charge on any atom is 0.416 e. The summed E-state index contributed by atoms with van der Waals surface area (Å²) in [5, 5.41) is 8.70. The van der Waals surface area contributed by atoms with Crippen LogP contribution < -0.4 is 9.47 Å². The van der Waals surface area contributed by atoms with E-state index in [1.54, 1.807) is 30.3 Å². The Morgan fingerprint density at radius 1 is 1.06 bits per heavy atom. The summed E-state index contributed by atoms with van der Waals surface area (Å²) >= 11 is 0. The van der Waals surface area contributed by atoms with Crippen LogP contribution in [0.1, 0.15) is 54.5 Å². The van der Waals surface area contributed by atoms with Gasteiger partial charge in [0.15, 0.2) is 6.61 Å². The summed E-state index contributed by atoms with van der Waals surface area (Å²) in [5.74, 6) is 0.515. The lowest BCUT2D eigenvalue weighted by atomic mass is 9.94. The molecule has 0 spiro atoms. The number of aliphatic carboxylic acids is 1. The highest BCUT2D eigenvalue weighted by molar-refractivity contribution is 5.68. The van der Waals surface area contributed by atoms with Gasteiger partial charge in [0.1, 0.15) is 17.6 Å². The Balaban J connectivity index is 1.53. The number of piperidine rings is 1. The highest BCUT2D eigenvalue weighted by Gasteiger charge is 2.38. The molecule has 0 bridgehead atoms. The Labute approximate surface area is 191 Å². The van der Waals surface area contributed by atoms with Gasteiger partial charge in [-0.2, -0.15) is 13.2 Å². The number of benzene rings is 2. The third-order valence-electron chi connectivity index (χ3n) is 6.50. The highest BCUT2D eigenvalue weighted by atomic mass is 19.4. The van der Waals surface area contributed by atoms with Crippen LogP contribution in [0.2, 0.25) is 0 Å². The molecule has 0 amide bonds. The van der Waals surface area contributed by atoms with Crippen molar-refractivity contribution in [1.29, 1.82) is 0 Å². The standard InChI is InChI=1S/C25H28F3NO4/c1-16-10-12-29(13-11-16)14-21-19-7-9-23(20(19)6-8-22(21)25(26,27)28)33-18-4-2-17(3-5-18)32-15-24(30)31/h2-6,8,16,23H,7,9-15H2,1H3,(H,30,31)/t23-/m1/s1. The lowest BCUT2D eigenvalue weighted by Gasteiger charge is -2.31. The highest BCUT2D eigenvalue weighted by Crippen LogP contribution is 2.42. The molecule has 1 aliphatic heterocycles. The SMILES string of the molecule is CC1CCN(Cc2c(C(F)(F)F)ccc3c2CC[C@H]3Oc2ccc(OCC(=O)O)cc2)CC1. The van der Waals surface area contributed by atoms with Crippen molar-refractivity contribution in [3.8, 4) is 11.5 Å². The molecule has 1 N–H and O–H groups in total. The van der Waals surface area contributed by atoms with Gasteiger partial charge in [-0.1, -0.05) is 13.0 Å². The number of nitrogens with zero attached hydrogens (tertiary/aromatic N) is 1. The smallest absolute Gasteiger partial charge is 0.416 e. The molecule has 178 valence electrons. The largest absolute Gasteiger partial charge is 0.486 e. The van der Waals surface area contributed by atoms with E-state index < -0.39 is 24.3 Å². The Kier molecular flexibility index (Phi) is 6.83. The third kappa shape index (κ3) is 5.61. The van der Waals surface area contributed by atoms with Gasteiger partial charge in [-0.3, -0.25) is 4.90 Å². The maximum absolute atomic E-state index is 13.8. The van der Waals surface area contributed by atoms with Crippen LogP contribution in [0, 0.1) is 5.92 Å². The van der Waals surface area contributed by atoms with E-state index in [4.69, 9.17) is 14.6 Å². The van der Waals surface area contributed by atoms with E-state index >= 15 is 0 Å². The predicted octanol–water partition coefficient (Wildman–Crippen LogP) is 5.47. The maximum atomic E-state index is 13.8. The number of hydrogen-bond acceptors (Lipinski definition) is 4. The van der Waals surface area contributed by atoms with Gasteiger partial charge >= 0.3 is 12.1 Å². The van der Waals surface area contributed by atoms with Crippen LogP contribution in [0.4, 0.5) is 13.2 Å². The number of hydrogen-bond donors (Lipinski definition) is 1. The fourth-order valence-electron chi connectivity index (χ4n) is 4.68. The number of carboxylic acid groups (broad SMARTS) is 1. The van der Waals surface area contributed by atoms with Crippen LogP contribution in [0.5, 0.6) is 11.5 Å². The van der Waals surface area contributed by atoms with Crippen molar-refractivity contribution in [2.45, 2.75) is 51.4 Å². The number of fused-ring (bicyclic) bond motifs is 1. The summed E-state index contributed by atoms with van der Waals surface area (Å²) in [6.45, 7) is 3.70. The van der Waals surface area contributed by atoms with Gasteiger partial charge in [-0.25, -0.2) is 4.79 Å². The van der Waals surface area contributed by atoms with Crippen LogP contribution in [0.25, 0.3) is 0 Å². The molecule has 0 saturated carbocycles. The zero-order valence-electron chi connectivity index (χ0n) is 18.5. The van der Waals surface area contributed by atoms with Crippen molar-refractivity contribution < 1.29 is 32.5 Å². The molecular formula is C25H28F3NO4. The van der Waals surface area contributed by atoms with E-state index in [2.05, 4.69) is 11.8 Å². The number of carboxylic acids is 1. The molecule has 2 aliphatic rings. The van der Waals surface area contributed by atoms with Crippen LogP contribution in [0.15, 0.2) is 36.4 Å². The quantitative estimate of drug-likeness (QED) is 0.590. The summed E-state index contributed by atoms with van der Waals surface area (Å²) in [4.78, 5) is 12.8. The molecule has 33 heavy (non-hydrogen) atoms. The number of halogens is 3. The number of ether oxygens (including phenoxy) is 2. The second-order valence-electron chi connectivity index (χ2n) is 8.91. The van der Waals surface area contributed by atoms with Crippen LogP contribution in [-0.2, 0) is 23.9 Å². The van der Waals surface area contributed by atoms with E-state index in [1.165, 1.54) is 6.07 Å². The number of rotatable bonds is 7. The molecule has 5 nitrogen and oxygen atoms in total. The fraction of sp³-hybridized carbons (Fsp3) is 0.480. The molecule has 1 aliphatic carbocycles. The molecule has 1 atom stereocenters. The van der Waals surface area contributed by atoms with Crippen LogP contribution in [0.3, 0.4) is 0 Å². The normalized spacial score (nSPS) is 19.3. The second kappa shape index (κ2) is 9.63. The Hall–Kier alpha value is -2.74. The van der Waals surface area contributed by atoms with E-state index in [9.17, 15) is 18.0 Å². The van der Waals surface area contributed by atoms with Crippen molar-refractivity contribution >= 4 is 5.97 Å². The zero-order chi connectivity index (χ0) is 23.6. The number of likely N-dealkylation sites (tertiary alicyclic amines) is 1. The van der Waals surface area contributed by atoms with Crippen molar-refractivity contribution in [1.82, 2.24) is 4.90 Å². The van der Waals surface area contributed by atoms with Gasteiger partial charge in [0.05, 0.1) is 5.56 Å². The molecule has 8 heteroatoms. The van der Waals surface area contributed by atoms with Gasteiger partial charge < -0.3 is 14.6 Å². The van der Waals surface area contributed by atoms with Crippen molar-refractivity contribution in [3.05, 3.63) is 58.7 Å². The Morgan fingerprint density at radius 3 is 2.36 bits per heavy atom. The molecular weight excluding hydrogens is 435 g/mol. The fourth-order valence-corrected chi connectivity index (χ4v) is 4.68. The molecule has 0 unspecified atom stereocenters. The van der Waals surface area contributed by atoms with Gasteiger partial charge in [0.2, 0.25) is 0 Å². The van der Waals surface area contributed by atoms with Crippen LogP contribution >= 0.6 is 0 Å². The van der Waals surface area contributed by atoms with Gasteiger partial charge in [-0.05, 0) is 91.7 Å².